The SMILES string of the molecule is CCOC(=O)/C=C1/C[C@@]2(N1)C(=O)N(Cc1ccccc1)c1ccccc12. The second-order valence-electron chi connectivity index (χ2n) is 6.52. The van der Waals surface area contributed by atoms with Gasteiger partial charge in [0.15, 0.2) is 5.54 Å². The molecule has 2 aromatic carbocycles. The average molecular weight is 348 g/mol. The quantitative estimate of drug-likeness (QED) is 0.682. The molecule has 2 heterocycles. The first-order chi connectivity index (χ1) is 12.6. The van der Waals surface area contributed by atoms with Gasteiger partial charge in [-0.25, -0.2) is 4.79 Å². The highest BCUT2D eigenvalue weighted by Gasteiger charge is 2.56. The van der Waals surface area contributed by atoms with Crippen LogP contribution in [0.25, 0.3) is 0 Å². The van der Waals surface area contributed by atoms with Gasteiger partial charge in [0.05, 0.1) is 18.8 Å². The number of carbonyl (C=O) groups excluding carboxylic acids is 2. The van der Waals surface area contributed by atoms with Gasteiger partial charge in [0.1, 0.15) is 0 Å². The largest absolute Gasteiger partial charge is 0.463 e. The van der Waals surface area contributed by atoms with E-state index in [9.17, 15) is 9.59 Å². The molecule has 1 N–H and O–H groups in total. The predicted octanol–water partition coefficient (Wildman–Crippen LogP) is 2.87. The van der Waals surface area contributed by atoms with Crippen molar-refractivity contribution in [2.75, 3.05) is 11.5 Å². The maximum atomic E-state index is 13.2. The molecule has 0 unspecified atom stereocenters. The van der Waals surface area contributed by atoms with E-state index in [0.717, 1.165) is 22.5 Å². The Balaban J connectivity index is 1.62. The summed E-state index contributed by atoms with van der Waals surface area (Å²) in [5.41, 5.74) is 2.91. The number of hydrogen-bond acceptors (Lipinski definition) is 4. The van der Waals surface area contributed by atoms with Gasteiger partial charge in [-0.3, -0.25) is 4.79 Å². The third kappa shape index (κ3) is 2.56. The zero-order valence-corrected chi connectivity index (χ0v) is 14.6. The summed E-state index contributed by atoms with van der Waals surface area (Å²) in [6.45, 7) is 2.63. The maximum Gasteiger partial charge on any atom is 0.332 e. The molecule has 1 atom stereocenters. The molecule has 1 fully saturated rings. The monoisotopic (exact) mass is 348 g/mol. The van der Waals surface area contributed by atoms with E-state index in [1.807, 2.05) is 59.5 Å². The van der Waals surface area contributed by atoms with Crippen LogP contribution in [-0.2, 0) is 26.4 Å². The van der Waals surface area contributed by atoms with Gasteiger partial charge in [0.25, 0.3) is 5.91 Å². The van der Waals surface area contributed by atoms with Gasteiger partial charge in [0.2, 0.25) is 0 Å². The van der Waals surface area contributed by atoms with Gasteiger partial charge in [-0.2, -0.15) is 0 Å². The van der Waals surface area contributed by atoms with Crippen LogP contribution < -0.4 is 10.2 Å². The molecule has 2 aromatic rings. The van der Waals surface area contributed by atoms with E-state index in [1.165, 1.54) is 6.08 Å². The average Bonchev–Trinajstić information content (AvgIpc) is 2.86. The summed E-state index contributed by atoms with van der Waals surface area (Å²) < 4.78 is 4.95. The number of nitrogens with one attached hydrogen (secondary N) is 1. The zero-order chi connectivity index (χ0) is 18.1. The van der Waals surface area contributed by atoms with E-state index in [0.29, 0.717) is 19.6 Å². The van der Waals surface area contributed by atoms with Crippen molar-refractivity contribution in [3.8, 4) is 0 Å². The number of benzene rings is 2. The molecular formula is C21H20N2O3. The van der Waals surface area contributed by atoms with Gasteiger partial charge < -0.3 is 15.0 Å². The van der Waals surface area contributed by atoms with Crippen molar-refractivity contribution < 1.29 is 14.3 Å². The van der Waals surface area contributed by atoms with Crippen molar-refractivity contribution in [3.63, 3.8) is 0 Å². The highest BCUT2D eigenvalue weighted by atomic mass is 16.5. The lowest BCUT2D eigenvalue weighted by molar-refractivity contribution is -0.137. The molecule has 2 aliphatic rings. The molecule has 0 aromatic heterocycles. The Morgan fingerprint density at radius 2 is 1.88 bits per heavy atom. The number of esters is 1. The van der Waals surface area contributed by atoms with E-state index >= 15 is 0 Å². The van der Waals surface area contributed by atoms with Gasteiger partial charge in [-0.15, -0.1) is 0 Å². The summed E-state index contributed by atoms with van der Waals surface area (Å²) in [6, 6.07) is 17.8. The molecule has 0 aliphatic carbocycles. The van der Waals surface area contributed by atoms with Crippen molar-refractivity contribution in [1.82, 2.24) is 5.32 Å². The summed E-state index contributed by atoms with van der Waals surface area (Å²) in [5.74, 6) is -0.367. The Morgan fingerprint density at radius 1 is 1.19 bits per heavy atom. The minimum Gasteiger partial charge on any atom is -0.463 e. The van der Waals surface area contributed by atoms with Crippen molar-refractivity contribution >= 4 is 17.6 Å². The van der Waals surface area contributed by atoms with Gasteiger partial charge >= 0.3 is 5.97 Å². The number of nitrogens with zero attached hydrogens (tertiary/aromatic N) is 1. The maximum absolute atomic E-state index is 13.2. The molecule has 1 spiro atoms. The van der Waals surface area contributed by atoms with Crippen molar-refractivity contribution in [3.05, 3.63) is 77.5 Å². The van der Waals surface area contributed by atoms with Gasteiger partial charge in [-0.1, -0.05) is 48.5 Å². The Morgan fingerprint density at radius 3 is 2.62 bits per heavy atom. The van der Waals surface area contributed by atoms with E-state index in [4.69, 9.17) is 4.74 Å². The van der Waals surface area contributed by atoms with E-state index in [-0.39, 0.29) is 11.9 Å². The Hall–Kier alpha value is -3.08. The minimum absolute atomic E-state index is 0.0172. The van der Waals surface area contributed by atoms with Crippen LogP contribution >= 0.6 is 0 Å². The van der Waals surface area contributed by atoms with Gasteiger partial charge in [-0.05, 0) is 18.6 Å². The second kappa shape index (κ2) is 6.33. The number of para-hydroxylation sites is 1. The number of rotatable bonds is 4. The van der Waals surface area contributed by atoms with Crippen LogP contribution in [-0.4, -0.2) is 18.5 Å². The summed E-state index contributed by atoms with van der Waals surface area (Å²) in [5, 5.41) is 3.24. The van der Waals surface area contributed by atoms with Crippen LogP contribution in [0.5, 0.6) is 0 Å². The molecule has 5 heteroatoms. The highest BCUT2D eigenvalue weighted by molar-refractivity contribution is 6.09. The first-order valence-electron chi connectivity index (χ1n) is 8.75. The third-order valence-corrected chi connectivity index (χ3v) is 4.86. The van der Waals surface area contributed by atoms with Gasteiger partial charge in [0, 0.05) is 23.8 Å². The summed E-state index contributed by atoms with van der Waals surface area (Å²) >= 11 is 0. The molecular weight excluding hydrogens is 328 g/mol. The second-order valence-corrected chi connectivity index (χ2v) is 6.52. The fourth-order valence-electron chi connectivity index (χ4n) is 3.69. The molecule has 26 heavy (non-hydrogen) atoms. The Kier molecular flexibility index (Phi) is 3.99. The topological polar surface area (TPSA) is 58.6 Å². The summed E-state index contributed by atoms with van der Waals surface area (Å²) in [4.78, 5) is 26.7. The molecule has 4 rings (SSSR count). The molecule has 1 amide bonds. The predicted molar refractivity (Wildman–Crippen MR) is 98.2 cm³/mol. The molecule has 5 nitrogen and oxygen atoms in total. The van der Waals surface area contributed by atoms with Crippen LogP contribution in [0.15, 0.2) is 66.4 Å². The molecule has 132 valence electrons. The third-order valence-electron chi connectivity index (χ3n) is 4.86. The van der Waals surface area contributed by atoms with Crippen LogP contribution in [0.4, 0.5) is 5.69 Å². The van der Waals surface area contributed by atoms with Crippen molar-refractivity contribution in [2.45, 2.75) is 25.4 Å². The van der Waals surface area contributed by atoms with E-state index < -0.39 is 5.54 Å². The standard InChI is InChI=1S/C21H20N2O3/c1-2-26-19(24)12-16-13-21(22-16)17-10-6-7-11-18(17)23(20(21)25)14-15-8-4-3-5-9-15/h3-12,22H,2,13-14H2,1H3/b16-12-/t21-/m0/s1. The Bertz CT molecular complexity index is 881. The number of amides is 1. The van der Waals surface area contributed by atoms with Crippen LogP contribution in [0.2, 0.25) is 0 Å². The van der Waals surface area contributed by atoms with Crippen molar-refractivity contribution in [1.29, 1.82) is 0 Å². The lowest BCUT2D eigenvalue weighted by Crippen LogP contribution is -2.58. The number of ether oxygens (including phenoxy) is 1. The molecule has 1 saturated heterocycles. The summed E-state index contributed by atoms with van der Waals surface area (Å²) in [7, 11) is 0. The number of carbonyl (C=O) groups is 2. The lowest BCUT2D eigenvalue weighted by Gasteiger charge is -2.41. The number of hydrogen-bond donors (Lipinski definition) is 1. The van der Waals surface area contributed by atoms with Crippen molar-refractivity contribution in [2.24, 2.45) is 0 Å². The van der Waals surface area contributed by atoms with Crippen LogP contribution in [0.3, 0.4) is 0 Å². The fraction of sp³-hybridized carbons (Fsp3) is 0.238. The molecule has 2 aliphatic heterocycles. The molecule has 0 radical (unpaired) electrons. The van der Waals surface area contributed by atoms with Crippen LogP contribution in [0.1, 0.15) is 24.5 Å². The smallest absolute Gasteiger partial charge is 0.332 e. The van der Waals surface area contributed by atoms with E-state index in [1.54, 1.807) is 6.92 Å². The van der Waals surface area contributed by atoms with E-state index in [2.05, 4.69) is 5.32 Å². The fourth-order valence-corrected chi connectivity index (χ4v) is 3.69. The highest BCUT2D eigenvalue weighted by Crippen LogP contribution is 2.49. The molecule has 0 saturated carbocycles. The summed E-state index contributed by atoms with van der Waals surface area (Å²) in [6.07, 6.45) is 1.91. The first kappa shape index (κ1) is 16.4. The number of anilines is 1. The Labute approximate surface area is 152 Å². The van der Waals surface area contributed by atoms with Crippen LogP contribution in [0, 0.1) is 0 Å². The first-order valence-corrected chi connectivity index (χ1v) is 8.75. The lowest BCUT2D eigenvalue weighted by atomic mass is 9.79. The normalized spacial score (nSPS) is 22.1. The molecule has 0 bridgehead atoms. The minimum atomic E-state index is -0.774. The number of fused-ring (bicyclic) bond motifs is 2. The zero-order valence-electron chi connectivity index (χ0n) is 14.6.